The molecule has 2 aromatic rings. The van der Waals surface area contributed by atoms with Crippen molar-refractivity contribution in [1.29, 1.82) is 5.26 Å². The average molecular weight is 299 g/mol. The topological polar surface area (TPSA) is 62.7 Å². The van der Waals surface area contributed by atoms with Crippen LogP contribution < -0.4 is 0 Å². The molecular formula is C16H17N3OS. The lowest BCUT2D eigenvalue weighted by Crippen LogP contribution is -2.07. The first-order chi connectivity index (χ1) is 10.2. The zero-order chi connectivity index (χ0) is 14.8. The Bertz CT molecular complexity index is 696. The normalized spacial score (nSPS) is 13.8. The number of hydrogen-bond acceptors (Lipinski definition) is 5. The van der Waals surface area contributed by atoms with Crippen molar-refractivity contribution < 1.29 is 4.42 Å². The molecule has 0 aliphatic heterocycles. The van der Waals surface area contributed by atoms with Gasteiger partial charge in [0, 0.05) is 5.69 Å². The molecule has 1 aliphatic rings. The van der Waals surface area contributed by atoms with E-state index in [-0.39, 0.29) is 0 Å². The number of rotatable bonds is 3. The Hall–Kier alpha value is -1.80. The molecule has 2 heterocycles. The Kier molecular flexibility index (Phi) is 3.98. The van der Waals surface area contributed by atoms with Crippen LogP contribution in [-0.4, -0.2) is 9.97 Å². The van der Waals surface area contributed by atoms with Crippen LogP contribution in [0, 0.1) is 25.2 Å². The van der Waals surface area contributed by atoms with Crippen LogP contribution in [0.5, 0.6) is 0 Å². The van der Waals surface area contributed by atoms with Gasteiger partial charge in [-0.15, -0.1) is 0 Å². The van der Waals surface area contributed by atoms with Crippen LogP contribution in [0.4, 0.5) is 0 Å². The number of aromatic nitrogens is 2. The maximum absolute atomic E-state index is 9.32. The summed E-state index contributed by atoms with van der Waals surface area (Å²) in [7, 11) is 0. The van der Waals surface area contributed by atoms with Gasteiger partial charge in [-0.25, -0.2) is 9.97 Å². The van der Waals surface area contributed by atoms with Crippen LogP contribution in [-0.2, 0) is 18.6 Å². The van der Waals surface area contributed by atoms with E-state index < -0.39 is 0 Å². The average Bonchev–Trinajstić information content (AvgIpc) is 2.82. The zero-order valence-corrected chi connectivity index (χ0v) is 13.1. The molecule has 0 saturated heterocycles. The summed E-state index contributed by atoms with van der Waals surface area (Å²) in [6.45, 7) is 3.85. The van der Waals surface area contributed by atoms with Crippen molar-refractivity contribution in [3.05, 3.63) is 40.2 Å². The van der Waals surface area contributed by atoms with Crippen LogP contribution in [0.1, 0.15) is 47.0 Å². The molecule has 0 unspecified atom stereocenters. The second-order valence-corrected chi connectivity index (χ2v) is 6.27. The van der Waals surface area contributed by atoms with Gasteiger partial charge < -0.3 is 4.42 Å². The molecule has 5 heteroatoms. The number of nitrogens with zero attached hydrogens (tertiary/aromatic N) is 3. The predicted molar refractivity (Wildman–Crippen MR) is 81.1 cm³/mol. The van der Waals surface area contributed by atoms with Crippen LogP contribution in [0.15, 0.2) is 15.5 Å². The van der Waals surface area contributed by atoms with E-state index in [1.165, 1.54) is 30.2 Å². The summed E-state index contributed by atoms with van der Waals surface area (Å²) in [4.78, 5) is 9.07. The van der Waals surface area contributed by atoms with Crippen molar-refractivity contribution in [2.75, 3.05) is 0 Å². The monoisotopic (exact) mass is 299 g/mol. The number of nitriles is 1. The fourth-order valence-electron chi connectivity index (χ4n) is 2.54. The van der Waals surface area contributed by atoms with Crippen molar-refractivity contribution in [1.82, 2.24) is 9.97 Å². The van der Waals surface area contributed by atoms with Crippen LogP contribution in [0.3, 0.4) is 0 Å². The van der Waals surface area contributed by atoms with Gasteiger partial charge in [0.25, 0.3) is 0 Å². The molecule has 21 heavy (non-hydrogen) atoms. The summed E-state index contributed by atoms with van der Waals surface area (Å²) in [6.07, 6.45) is 4.45. The third-order valence-electron chi connectivity index (χ3n) is 3.79. The maximum Gasteiger partial charge on any atom is 0.205 e. The molecule has 0 fully saturated rings. The van der Waals surface area contributed by atoms with Gasteiger partial charge in [-0.2, -0.15) is 5.26 Å². The molecule has 2 aromatic heterocycles. The first kappa shape index (κ1) is 14.2. The first-order valence-electron chi connectivity index (χ1n) is 7.16. The molecule has 0 atom stereocenters. The fourth-order valence-corrected chi connectivity index (χ4v) is 3.35. The Morgan fingerprint density at radius 1 is 1.29 bits per heavy atom. The number of fused-ring (bicyclic) bond motifs is 1. The van der Waals surface area contributed by atoms with Gasteiger partial charge in [-0.05, 0) is 51.2 Å². The number of pyridine rings is 1. The molecule has 108 valence electrons. The van der Waals surface area contributed by atoms with Crippen molar-refractivity contribution in [2.45, 2.75) is 50.3 Å². The van der Waals surface area contributed by atoms with E-state index in [0.717, 1.165) is 35.0 Å². The maximum atomic E-state index is 9.32. The molecule has 4 nitrogen and oxygen atoms in total. The number of aryl methyl sites for hydroxylation is 4. The quantitative estimate of drug-likeness (QED) is 0.808. The fraction of sp³-hybridized carbons (Fsp3) is 0.438. The SMILES string of the molecule is Cc1nc(CSc2nc3c(cc2C#N)CCCC3)oc1C. The molecule has 0 amide bonds. The largest absolute Gasteiger partial charge is 0.445 e. The predicted octanol–water partition coefficient (Wildman–Crippen LogP) is 3.73. The smallest absolute Gasteiger partial charge is 0.205 e. The lowest BCUT2D eigenvalue weighted by Gasteiger charge is -2.16. The van der Waals surface area contributed by atoms with E-state index in [1.807, 2.05) is 19.9 Å². The lowest BCUT2D eigenvalue weighted by molar-refractivity contribution is 0.489. The number of oxazole rings is 1. The molecule has 0 spiro atoms. The molecule has 0 aromatic carbocycles. The Labute approximate surface area is 128 Å². The van der Waals surface area contributed by atoms with Gasteiger partial charge in [0.15, 0.2) is 0 Å². The second kappa shape index (κ2) is 5.90. The summed E-state index contributed by atoms with van der Waals surface area (Å²) < 4.78 is 5.58. The third kappa shape index (κ3) is 2.96. The van der Waals surface area contributed by atoms with Crippen LogP contribution in [0.2, 0.25) is 0 Å². The van der Waals surface area contributed by atoms with Crippen molar-refractivity contribution in [3.63, 3.8) is 0 Å². The molecule has 0 radical (unpaired) electrons. The molecule has 3 rings (SSSR count). The summed E-state index contributed by atoms with van der Waals surface area (Å²) in [5.74, 6) is 2.15. The second-order valence-electron chi connectivity index (χ2n) is 5.30. The first-order valence-corrected chi connectivity index (χ1v) is 8.14. The molecule has 0 N–H and O–H groups in total. The highest BCUT2D eigenvalue weighted by atomic mass is 32.2. The number of thioether (sulfide) groups is 1. The van der Waals surface area contributed by atoms with Gasteiger partial charge in [0.2, 0.25) is 5.89 Å². The minimum Gasteiger partial charge on any atom is -0.445 e. The lowest BCUT2D eigenvalue weighted by atomic mass is 9.95. The van der Waals surface area contributed by atoms with E-state index in [1.54, 1.807) is 0 Å². The van der Waals surface area contributed by atoms with Gasteiger partial charge in [0.1, 0.15) is 16.9 Å². The van der Waals surface area contributed by atoms with Crippen LogP contribution >= 0.6 is 11.8 Å². The zero-order valence-electron chi connectivity index (χ0n) is 12.3. The van der Waals surface area contributed by atoms with Crippen molar-refractivity contribution in [2.24, 2.45) is 0 Å². The van der Waals surface area contributed by atoms with Crippen molar-refractivity contribution in [3.8, 4) is 6.07 Å². The highest BCUT2D eigenvalue weighted by Gasteiger charge is 2.16. The van der Waals surface area contributed by atoms with E-state index >= 15 is 0 Å². The highest BCUT2D eigenvalue weighted by Crippen LogP contribution is 2.29. The van der Waals surface area contributed by atoms with Crippen LogP contribution in [0.25, 0.3) is 0 Å². The van der Waals surface area contributed by atoms with Gasteiger partial charge >= 0.3 is 0 Å². The molecule has 1 aliphatic carbocycles. The van der Waals surface area contributed by atoms with Gasteiger partial charge in [-0.3, -0.25) is 0 Å². The van der Waals surface area contributed by atoms with E-state index in [2.05, 4.69) is 11.1 Å². The molecule has 0 saturated carbocycles. The third-order valence-corrected chi connectivity index (χ3v) is 4.77. The Morgan fingerprint density at radius 2 is 2.10 bits per heavy atom. The van der Waals surface area contributed by atoms with Gasteiger partial charge in [0.05, 0.1) is 17.0 Å². The van der Waals surface area contributed by atoms with E-state index in [0.29, 0.717) is 17.2 Å². The summed E-state index contributed by atoms with van der Waals surface area (Å²) in [5.41, 5.74) is 3.98. The van der Waals surface area contributed by atoms with E-state index in [4.69, 9.17) is 9.40 Å². The summed E-state index contributed by atoms with van der Waals surface area (Å²) in [6, 6.07) is 4.27. The van der Waals surface area contributed by atoms with Gasteiger partial charge in [-0.1, -0.05) is 11.8 Å². The van der Waals surface area contributed by atoms with E-state index in [9.17, 15) is 5.26 Å². The standard InChI is InChI=1S/C16H17N3OS/c1-10-11(2)20-15(18-10)9-21-16-13(8-17)7-12-5-3-4-6-14(12)19-16/h7H,3-6,9H2,1-2H3. The minimum absolute atomic E-state index is 0.606. The Balaban J connectivity index is 1.82. The van der Waals surface area contributed by atoms with Crippen molar-refractivity contribution >= 4 is 11.8 Å². The summed E-state index contributed by atoms with van der Waals surface area (Å²) >= 11 is 1.53. The molecular weight excluding hydrogens is 282 g/mol. The Morgan fingerprint density at radius 3 is 2.81 bits per heavy atom. The summed E-state index contributed by atoms with van der Waals surface area (Å²) in [5, 5.41) is 10.1. The number of hydrogen-bond donors (Lipinski definition) is 0. The molecule has 0 bridgehead atoms. The minimum atomic E-state index is 0.606. The highest BCUT2D eigenvalue weighted by molar-refractivity contribution is 7.98.